The molecule has 2 aromatic carbocycles. The Labute approximate surface area is 208 Å². The van der Waals surface area contributed by atoms with E-state index in [1.807, 2.05) is 30.3 Å². The van der Waals surface area contributed by atoms with E-state index in [0.29, 0.717) is 34.6 Å². The predicted octanol–water partition coefficient (Wildman–Crippen LogP) is 7.35. The minimum atomic E-state index is -0.575. The molecule has 0 bridgehead atoms. The number of ether oxygens (including phenoxy) is 1. The Kier molecular flexibility index (Phi) is 6.45. The van der Waals surface area contributed by atoms with Gasteiger partial charge in [0.15, 0.2) is 5.82 Å². The van der Waals surface area contributed by atoms with Gasteiger partial charge in [0.25, 0.3) is 0 Å². The fourth-order valence-electron chi connectivity index (χ4n) is 5.10. The lowest BCUT2D eigenvalue weighted by molar-refractivity contribution is 0.141. The summed E-state index contributed by atoms with van der Waals surface area (Å²) in [6.45, 7) is 0.396. The largest absolute Gasteiger partial charge is 0.449 e. The summed E-state index contributed by atoms with van der Waals surface area (Å²) in [5.74, 6) is 0.685. The van der Waals surface area contributed by atoms with E-state index in [0.717, 1.165) is 40.7 Å². The van der Waals surface area contributed by atoms with Crippen LogP contribution in [0.25, 0.3) is 11.1 Å². The van der Waals surface area contributed by atoms with Crippen LogP contribution in [-0.4, -0.2) is 17.7 Å². The number of nitrogens with one attached hydrogen (secondary N) is 1. The average Bonchev–Trinajstić information content (AvgIpc) is 3.38. The first-order chi connectivity index (χ1) is 16.5. The quantitative estimate of drug-likeness (QED) is 0.413. The molecule has 0 saturated heterocycles. The van der Waals surface area contributed by atoms with E-state index in [2.05, 4.69) is 22.4 Å². The number of halogens is 2. The van der Waals surface area contributed by atoms with Gasteiger partial charge in [0.05, 0.1) is 16.7 Å². The van der Waals surface area contributed by atoms with Gasteiger partial charge in [-0.05, 0) is 59.6 Å². The SMILES string of the molecule is N#Cc1c(NC(=O)OCC2CCCC2)ncc2c1-c1ccccc1C(c1ccc(Cl)c(Cl)c1)C2. The number of carbonyl (C=O) groups is 1. The lowest BCUT2D eigenvalue weighted by Gasteiger charge is -2.29. The van der Waals surface area contributed by atoms with Gasteiger partial charge in [0.1, 0.15) is 11.6 Å². The number of pyridine rings is 1. The van der Waals surface area contributed by atoms with Crippen LogP contribution in [0, 0.1) is 17.2 Å². The van der Waals surface area contributed by atoms with Crippen LogP contribution in [0.4, 0.5) is 10.6 Å². The molecule has 0 radical (unpaired) electrons. The normalized spacial score (nSPS) is 16.9. The molecule has 1 fully saturated rings. The summed E-state index contributed by atoms with van der Waals surface area (Å²) in [6.07, 6.45) is 6.36. The zero-order valence-corrected chi connectivity index (χ0v) is 20.0. The topological polar surface area (TPSA) is 75.0 Å². The number of amides is 1. The molecule has 34 heavy (non-hydrogen) atoms. The number of anilines is 1. The Morgan fingerprint density at radius 3 is 2.71 bits per heavy atom. The van der Waals surface area contributed by atoms with Crippen molar-refractivity contribution < 1.29 is 9.53 Å². The molecule has 0 aliphatic heterocycles. The van der Waals surface area contributed by atoms with E-state index in [1.165, 1.54) is 12.8 Å². The fraction of sp³-hybridized carbons (Fsp3) is 0.296. The molecule has 1 N–H and O–H groups in total. The van der Waals surface area contributed by atoms with Gasteiger partial charge in [-0.15, -0.1) is 0 Å². The molecule has 5 nitrogen and oxygen atoms in total. The number of aromatic nitrogens is 1. The van der Waals surface area contributed by atoms with Crippen molar-refractivity contribution in [3.8, 4) is 17.2 Å². The van der Waals surface area contributed by atoms with Crippen molar-refractivity contribution in [2.45, 2.75) is 38.0 Å². The number of fused-ring (bicyclic) bond motifs is 3. The molecular formula is C27H23Cl2N3O2. The predicted molar refractivity (Wildman–Crippen MR) is 133 cm³/mol. The van der Waals surface area contributed by atoms with Crippen LogP contribution in [-0.2, 0) is 11.2 Å². The van der Waals surface area contributed by atoms with Gasteiger partial charge in [0.2, 0.25) is 0 Å². The van der Waals surface area contributed by atoms with Crippen molar-refractivity contribution in [1.29, 1.82) is 5.26 Å². The maximum atomic E-state index is 12.4. The molecule has 1 amide bonds. The van der Waals surface area contributed by atoms with Crippen LogP contribution in [0.3, 0.4) is 0 Å². The second kappa shape index (κ2) is 9.66. The number of benzene rings is 2. The number of carbonyl (C=O) groups excluding carboxylic acids is 1. The van der Waals surface area contributed by atoms with E-state index < -0.39 is 6.09 Å². The third-order valence-corrected chi connectivity index (χ3v) is 7.53. The van der Waals surface area contributed by atoms with Crippen molar-refractivity contribution in [3.63, 3.8) is 0 Å². The van der Waals surface area contributed by atoms with Crippen LogP contribution in [0.2, 0.25) is 10.0 Å². The summed E-state index contributed by atoms with van der Waals surface area (Å²) < 4.78 is 5.42. The third kappa shape index (κ3) is 4.36. The summed E-state index contributed by atoms with van der Waals surface area (Å²) in [4.78, 5) is 16.9. The standard InChI is InChI=1S/C27H23Cl2N3O2/c28-23-10-9-17(12-24(23)29)21-11-18-14-31-26(32-27(33)34-15-16-5-1-2-6-16)22(13-30)25(18)20-8-4-3-7-19(20)21/h3-4,7-10,12,14,16,21H,1-2,5-6,11,15H2,(H,31,32,33). The molecule has 1 unspecified atom stereocenters. The van der Waals surface area contributed by atoms with Crippen LogP contribution in [0.15, 0.2) is 48.7 Å². The number of hydrogen-bond acceptors (Lipinski definition) is 4. The van der Waals surface area contributed by atoms with E-state index in [1.54, 1.807) is 12.3 Å². The Bertz CT molecular complexity index is 1300. The van der Waals surface area contributed by atoms with Gasteiger partial charge in [-0.3, -0.25) is 5.32 Å². The highest BCUT2D eigenvalue weighted by atomic mass is 35.5. The first kappa shape index (κ1) is 22.7. The zero-order chi connectivity index (χ0) is 23.7. The molecule has 1 atom stereocenters. The molecule has 2 aliphatic carbocycles. The minimum Gasteiger partial charge on any atom is -0.449 e. The lowest BCUT2D eigenvalue weighted by Crippen LogP contribution is -2.20. The molecule has 1 heterocycles. The monoisotopic (exact) mass is 491 g/mol. The number of hydrogen-bond donors (Lipinski definition) is 1. The smallest absolute Gasteiger partial charge is 0.412 e. The molecule has 2 aliphatic rings. The van der Waals surface area contributed by atoms with Crippen molar-refractivity contribution in [3.05, 3.63) is 81.0 Å². The van der Waals surface area contributed by atoms with Crippen LogP contribution in [0.5, 0.6) is 0 Å². The van der Waals surface area contributed by atoms with Gasteiger partial charge in [-0.25, -0.2) is 9.78 Å². The Morgan fingerprint density at radius 2 is 1.94 bits per heavy atom. The lowest BCUT2D eigenvalue weighted by atomic mass is 9.75. The molecule has 3 aromatic rings. The zero-order valence-electron chi connectivity index (χ0n) is 18.5. The first-order valence-corrected chi connectivity index (χ1v) is 12.2. The Balaban J connectivity index is 1.47. The highest BCUT2D eigenvalue weighted by molar-refractivity contribution is 6.42. The average molecular weight is 492 g/mol. The molecule has 1 aromatic heterocycles. The van der Waals surface area contributed by atoms with E-state index >= 15 is 0 Å². The molecular weight excluding hydrogens is 469 g/mol. The van der Waals surface area contributed by atoms with Crippen LogP contribution in [0.1, 0.15) is 53.9 Å². The summed E-state index contributed by atoms with van der Waals surface area (Å²) in [6, 6.07) is 16.0. The number of rotatable bonds is 4. The number of nitrogens with zero attached hydrogens (tertiary/aromatic N) is 2. The molecule has 172 valence electrons. The number of nitriles is 1. The Morgan fingerprint density at radius 1 is 1.15 bits per heavy atom. The van der Waals surface area contributed by atoms with E-state index in [4.69, 9.17) is 27.9 Å². The molecule has 5 rings (SSSR count). The van der Waals surface area contributed by atoms with E-state index in [9.17, 15) is 10.1 Å². The van der Waals surface area contributed by atoms with Crippen LogP contribution >= 0.6 is 23.2 Å². The second-order valence-corrected chi connectivity index (χ2v) is 9.70. The maximum Gasteiger partial charge on any atom is 0.412 e. The summed E-state index contributed by atoms with van der Waals surface area (Å²) in [5, 5.41) is 13.8. The summed E-state index contributed by atoms with van der Waals surface area (Å²) in [5.41, 5.74) is 5.16. The van der Waals surface area contributed by atoms with Gasteiger partial charge < -0.3 is 4.74 Å². The second-order valence-electron chi connectivity index (χ2n) is 8.89. The third-order valence-electron chi connectivity index (χ3n) is 6.79. The summed E-state index contributed by atoms with van der Waals surface area (Å²) in [7, 11) is 0. The van der Waals surface area contributed by atoms with E-state index in [-0.39, 0.29) is 11.7 Å². The molecule has 1 saturated carbocycles. The van der Waals surface area contributed by atoms with Gasteiger partial charge in [-0.1, -0.05) is 66.4 Å². The van der Waals surface area contributed by atoms with Crippen molar-refractivity contribution in [2.24, 2.45) is 5.92 Å². The van der Waals surface area contributed by atoms with Gasteiger partial charge in [0, 0.05) is 17.7 Å². The Hall–Kier alpha value is -3.07. The van der Waals surface area contributed by atoms with Crippen molar-refractivity contribution in [2.75, 3.05) is 11.9 Å². The van der Waals surface area contributed by atoms with Gasteiger partial charge >= 0.3 is 6.09 Å². The highest BCUT2D eigenvalue weighted by Crippen LogP contribution is 2.45. The van der Waals surface area contributed by atoms with Gasteiger partial charge in [-0.2, -0.15) is 5.26 Å². The van der Waals surface area contributed by atoms with Crippen molar-refractivity contribution in [1.82, 2.24) is 4.98 Å². The molecule has 7 heteroatoms. The molecule has 0 spiro atoms. The fourth-order valence-corrected chi connectivity index (χ4v) is 5.41. The first-order valence-electron chi connectivity index (χ1n) is 11.4. The van der Waals surface area contributed by atoms with Crippen LogP contribution < -0.4 is 5.32 Å². The highest BCUT2D eigenvalue weighted by Gasteiger charge is 2.30. The van der Waals surface area contributed by atoms with Crippen molar-refractivity contribution >= 4 is 35.1 Å². The maximum absolute atomic E-state index is 12.4. The minimum absolute atomic E-state index is 0.0435. The summed E-state index contributed by atoms with van der Waals surface area (Å²) >= 11 is 12.4.